The molecule has 0 saturated heterocycles. The molecule has 3 rings (SSSR count). The lowest BCUT2D eigenvalue weighted by Gasteiger charge is -2.04. The van der Waals surface area contributed by atoms with E-state index in [1.807, 2.05) is 24.3 Å². The number of aromatic nitrogens is 1. The number of hydrogen-bond acceptors (Lipinski definition) is 3. The Hall–Kier alpha value is -1.77. The number of benzene rings is 1. The van der Waals surface area contributed by atoms with Crippen LogP contribution in [0.3, 0.4) is 0 Å². The van der Waals surface area contributed by atoms with Gasteiger partial charge in [-0.25, -0.2) is 0 Å². The van der Waals surface area contributed by atoms with Gasteiger partial charge in [-0.15, -0.1) is 0 Å². The quantitative estimate of drug-likeness (QED) is 0.634. The van der Waals surface area contributed by atoms with Crippen LogP contribution in [-0.4, -0.2) is 11.8 Å². The molecular weight excluding hydrogens is 178 g/mol. The summed E-state index contributed by atoms with van der Waals surface area (Å²) in [6.45, 7) is 0.686. The smallest absolute Gasteiger partial charge is 0.173 e. The minimum Gasteiger partial charge on any atom is -0.492 e. The first kappa shape index (κ1) is 7.62. The third kappa shape index (κ3) is 1.02. The third-order valence-electron chi connectivity index (χ3n) is 2.40. The summed E-state index contributed by atoms with van der Waals surface area (Å²) in [5.41, 5.74) is 2.12. The molecule has 0 saturated carbocycles. The molecule has 0 bridgehead atoms. The molecule has 0 fully saturated rings. The molecule has 0 atom stereocenters. The zero-order valence-corrected chi connectivity index (χ0v) is 7.56. The van der Waals surface area contributed by atoms with Crippen molar-refractivity contribution in [3.8, 4) is 17.1 Å². The maximum atomic E-state index is 5.60. The summed E-state index contributed by atoms with van der Waals surface area (Å²) in [6, 6.07) is 7.87. The van der Waals surface area contributed by atoms with Crippen LogP contribution in [0.4, 0.5) is 0 Å². The number of hydrogen-bond donors (Lipinski definition) is 0. The van der Waals surface area contributed by atoms with E-state index in [0.717, 1.165) is 29.1 Å². The lowest BCUT2D eigenvalue weighted by molar-refractivity contribution is 0.326. The van der Waals surface area contributed by atoms with Gasteiger partial charge in [0, 0.05) is 12.0 Å². The van der Waals surface area contributed by atoms with Gasteiger partial charge in [0.25, 0.3) is 0 Å². The highest BCUT2D eigenvalue weighted by Gasteiger charge is 2.18. The van der Waals surface area contributed by atoms with Crippen LogP contribution in [0.25, 0.3) is 11.3 Å². The van der Waals surface area contributed by atoms with Crippen LogP contribution in [0, 0.1) is 0 Å². The second kappa shape index (κ2) is 2.87. The maximum Gasteiger partial charge on any atom is 0.173 e. The monoisotopic (exact) mass is 187 g/mol. The van der Waals surface area contributed by atoms with Gasteiger partial charge in [-0.2, -0.15) is 0 Å². The van der Waals surface area contributed by atoms with E-state index in [4.69, 9.17) is 9.26 Å². The fourth-order valence-corrected chi connectivity index (χ4v) is 1.71. The summed E-state index contributed by atoms with van der Waals surface area (Å²) >= 11 is 0. The van der Waals surface area contributed by atoms with Crippen molar-refractivity contribution in [2.75, 3.05) is 6.61 Å². The van der Waals surface area contributed by atoms with Gasteiger partial charge in [0.15, 0.2) is 5.76 Å². The first-order valence-electron chi connectivity index (χ1n) is 4.61. The minimum absolute atomic E-state index is 0.686. The molecule has 0 spiro atoms. The predicted molar refractivity (Wildman–Crippen MR) is 51.1 cm³/mol. The Kier molecular flexibility index (Phi) is 1.56. The molecule has 70 valence electrons. The van der Waals surface area contributed by atoms with Gasteiger partial charge in [0.1, 0.15) is 5.75 Å². The number of rotatable bonds is 0. The van der Waals surface area contributed by atoms with Crippen molar-refractivity contribution < 1.29 is 9.26 Å². The van der Waals surface area contributed by atoms with Gasteiger partial charge in [0.2, 0.25) is 0 Å². The molecular formula is C11H9NO2. The van der Waals surface area contributed by atoms with Crippen LogP contribution >= 0.6 is 0 Å². The van der Waals surface area contributed by atoms with Crippen molar-refractivity contribution in [2.24, 2.45) is 0 Å². The molecule has 1 aromatic heterocycles. The molecule has 0 unspecified atom stereocenters. The van der Waals surface area contributed by atoms with Crippen LogP contribution in [0.2, 0.25) is 0 Å². The van der Waals surface area contributed by atoms with Gasteiger partial charge in [-0.05, 0) is 12.1 Å². The molecule has 1 aliphatic rings. The van der Waals surface area contributed by atoms with Gasteiger partial charge >= 0.3 is 0 Å². The highest BCUT2D eigenvalue weighted by molar-refractivity contribution is 5.68. The summed E-state index contributed by atoms with van der Waals surface area (Å²) < 4.78 is 10.8. The largest absolute Gasteiger partial charge is 0.492 e. The SMILES string of the molecule is c1ccc2c(c1)OCCc1cnoc1-2. The molecule has 0 radical (unpaired) electrons. The van der Waals surface area contributed by atoms with Crippen LogP contribution in [0.1, 0.15) is 5.56 Å². The van der Waals surface area contributed by atoms with Crippen molar-refractivity contribution >= 4 is 0 Å². The van der Waals surface area contributed by atoms with Gasteiger partial charge in [-0.1, -0.05) is 17.3 Å². The summed E-state index contributed by atoms with van der Waals surface area (Å²) in [5, 5.41) is 3.81. The van der Waals surface area contributed by atoms with Crippen molar-refractivity contribution in [3.05, 3.63) is 36.0 Å². The normalized spacial score (nSPS) is 13.7. The average Bonchev–Trinajstić information content (AvgIpc) is 2.61. The number of para-hydroxylation sites is 1. The van der Waals surface area contributed by atoms with Crippen molar-refractivity contribution in [1.29, 1.82) is 0 Å². The fourth-order valence-electron chi connectivity index (χ4n) is 1.71. The number of fused-ring (bicyclic) bond motifs is 3. The Morgan fingerprint density at radius 1 is 1.21 bits per heavy atom. The van der Waals surface area contributed by atoms with E-state index in [1.54, 1.807) is 6.20 Å². The van der Waals surface area contributed by atoms with Gasteiger partial charge < -0.3 is 9.26 Å². The van der Waals surface area contributed by atoms with Crippen LogP contribution < -0.4 is 4.74 Å². The summed E-state index contributed by atoms with van der Waals surface area (Å²) in [4.78, 5) is 0. The van der Waals surface area contributed by atoms with Crippen molar-refractivity contribution in [3.63, 3.8) is 0 Å². The Balaban J connectivity index is 2.27. The maximum absolute atomic E-state index is 5.60. The Morgan fingerprint density at radius 2 is 2.14 bits per heavy atom. The molecule has 2 aromatic rings. The molecule has 0 amide bonds. The summed E-state index contributed by atoms with van der Waals surface area (Å²) in [6.07, 6.45) is 2.62. The molecule has 0 aliphatic carbocycles. The van der Waals surface area contributed by atoms with Crippen LogP contribution in [0.5, 0.6) is 5.75 Å². The first-order chi connectivity index (χ1) is 6.95. The van der Waals surface area contributed by atoms with E-state index < -0.39 is 0 Å². The Bertz CT molecular complexity index is 462. The zero-order chi connectivity index (χ0) is 9.38. The lowest BCUT2D eigenvalue weighted by Crippen LogP contribution is -1.97. The second-order valence-corrected chi connectivity index (χ2v) is 3.27. The number of nitrogens with zero attached hydrogens (tertiary/aromatic N) is 1. The summed E-state index contributed by atoms with van der Waals surface area (Å²) in [7, 11) is 0. The van der Waals surface area contributed by atoms with E-state index in [1.165, 1.54) is 0 Å². The first-order valence-corrected chi connectivity index (χ1v) is 4.61. The highest BCUT2D eigenvalue weighted by atomic mass is 16.5. The molecule has 3 nitrogen and oxygen atoms in total. The molecule has 3 heteroatoms. The standard InChI is InChI=1S/C11H9NO2/c1-2-4-10-9(3-1)11-8(5-6-13-10)7-12-14-11/h1-4,7H,5-6H2. The molecule has 14 heavy (non-hydrogen) atoms. The topological polar surface area (TPSA) is 35.3 Å². The van der Waals surface area contributed by atoms with Crippen LogP contribution in [-0.2, 0) is 6.42 Å². The molecule has 0 N–H and O–H groups in total. The van der Waals surface area contributed by atoms with Crippen molar-refractivity contribution in [1.82, 2.24) is 5.16 Å². The van der Waals surface area contributed by atoms with E-state index >= 15 is 0 Å². The predicted octanol–water partition coefficient (Wildman–Crippen LogP) is 2.28. The Morgan fingerprint density at radius 3 is 3.14 bits per heavy atom. The fraction of sp³-hybridized carbons (Fsp3) is 0.182. The average molecular weight is 187 g/mol. The number of ether oxygens (including phenoxy) is 1. The molecule has 1 aromatic carbocycles. The van der Waals surface area contributed by atoms with E-state index in [9.17, 15) is 0 Å². The van der Waals surface area contributed by atoms with Gasteiger partial charge in [-0.3, -0.25) is 0 Å². The van der Waals surface area contributed by atoms with Crippen molar-refractivity contribution in [2.45, 2.75) is 6.42 Å². The van der Waals surface area contributed by atoms with E-state index in [0.29, 0.717) is 6.61 Å². The minimum atomic E-state index is 0.686. The molecule has 2 heterocycles. The van der Waals surface area contributed by atoms with Crippen LogP contribution in [0.15, 0.2) is 35.0 Å². The third-order valence-corrected chi connectivity index (χ3v) is 2.40. The summed E-state index contributed by atoms with van der Waals surface area (Å²) in [5.74, 6) is 1.72. The second-order valence-electron chi connectivity index (χ2n) is 3.27. The zero-order valence-electron chi connectivity index (χ0n) is 7.56. The molecule has 1 aliphatic heterocycles. The van der Waals surface area contributed by atoms with E-state index in [2.05, 4.69) is 5.16 Å². The van der Waals surface area contributed by atoms with E-state index in [-0.39, 0.29) is 0 Å². The highest BCUT2D eigenvalue weighted by Crippen LogP contribution is 2.34. The van der Waals surface area contributed by atoms with Gasteiger partial charge in [0.05, 0.1) is 18.4 Å². The lowest BCUT2D eigenvalue weighted by atomic mass is 10.1. The Labute approximate surface area is 81.3 Å².